The second-order valence-electron chi connectivity index (χ2n) is 6.75. The van der Waals surface area contributed by atoms with Gasteiger partial charge in [0.15, 0.2) is 0 Å². The molecule has 0 aliphatic rings. The minimum absolute atomic E-state index is 0.000960. The van der Waals surface area contributed by atoms with E-state index >= 15 is 0 Å². The maximum atomic E-state index is 13.1. The zero-order valence-electron chi connectivity index (χ0n) is 17.5. The molecule has 0 bridgehead atoms. The number of nitro groups is 1. The highest BCUT2D eigenvalue weighted by Crippen LogP contribution is 2.28. The van der Waals surface area contributed by atoms with Gasteiger partial charge in [-0.3, -0.25) is 14.9 Å². The van der Waals surface area contributed by atoms with E-state index in [-0.39, 0.29) is 29.4 Å². The lowest BCUT2D eigenvalue weighted by Crippen LogP contribution is -2.26. The van der Waals surface area contributed by atoms with Crippen molar-refractivity contribution in [2.75, 3.05) is 11.9 Å². The summed E-state index contributed by atoms with van der Waals surface area (Å²) >= 11 is 0. The van der Waals surface area contributed by atoms with Crippen LogP contribution in [0.3, 0.4) is 0 Å². The van der Waals surface area contributed by atoms with Crippen LogP contribution in [0.2, 0.25) is 0 Å². The number of hydrogen-bond acceptors (Lipinski definition) is 7. The fourth-order valence-corrected chi connectivity index (χ4v) is 2.97. The van der Waals surface area contributed by atoms with Gasteiger partial charge in [-0.2, -0.15) is 0 Å². The molecule has 9 nitrogen and oxygen atoms in total. The molecule has 3 rings (SSSR count). The van der Waals surface area contributed by atoms with Gasteiger partial charge in [0.1, 0.15) is 11.3 Å². The smallest absolute Gasteiger partial charge is 0.344 e. The Bertz CT molecular complexity index is 1130. The van der Waals surface area contributed by atoms with Gasteiger partial charge in [-0.05, 0) is 37.6 Å². The fourth-order valence-electron chi connectivity index (χ4n) is 2.97. The van der Waals surface area contributed by atoms with E-state index in [2.05, 4.69) is 10.3 Å². The van der Waals surface area contributed by atoms with Gasteiger partial charge in [0.05, 0.1) is 11.5 Å². The second kappa shape index (κ2) is 10.2. The third-order valence-corrected chi connectivity index (χ3v) is 4.45. The van der Waals surface area contributed by atoms with Crippen molar-refractivity contribution in [3.05, 3.63) is 93.7 Å². The Morgan fingerprint density at radius 3 is 2.56 bits per heavy atom. The van der Waals surface area contributed by atoms with Crippen molar-refractivity contribution in [2.24, 2.45) is 0 Å². The van der Waals surface area contributed by atoms with Gasteiger partial charge < -0.3 is 14.8 Å². The number of nitrogens with one attached hydrogen (secondary N) is 1. The topological polar surface area (TPSA) is 121 Å². The highest BCUT2D eigenvalue weighted by atomic mass is 16.6. The summed E-state index contributed by atoms with van der Waals surface area (Å²) in [5.41, 5.74) is 0.862. The number of pyridine rings is 1. The molecule has 1 unspecified atom stereocenters. The Balaban J connectivity index is 1.92. The van der Waals surface area contributed by atoms with Crippen molar-refractivity contribution in [3.8, 4) is 5.88 Å². The van der Waals surface area contributed by atoms with Crippen LogP contribution in [0.5, 0.6) is 5.88 Å². The lowest BCUT2D eigenvalue weighted by Gasteiger charge is -2.19. The standard InChI is InChI=1S/C23H21N3O6/c1-3-31-22-17(10-7-13-24-22)23(28)32-20(16-8-5-4-6-9-16)21(27)25-18-12-11-15(2)14-19(18)26(29)30/h4-14,20H,3H2,1-2H3,(H,25,27). The Labute approximate surface area is 184 Å². The molecule has 0 spiro atoms. The van der Waals surface area contributed by atoms with Crippen molar-refractivity contribution < 1.29 is 24.0 Å². The number of rotatable bonds is 8. The summed E-state index contributed by atoms with van der Waals surface area (Å²) < 4.78 is 10.9. The number of amides is 1. The van der Waals surface area contributed by atoms with Crippen molar-refractivity contribution in [3.63, 3.8) is 0 Å². The summed E-state index contributed by atoms with van der Waals surface area (Å²) in [6.45, 7) is 3.74. The van der Waals surface area contributed by atoms with Crippen molar-refractivity contribution in [2.45, 2.75) is 20.0 Å². The summed E-state index contributed by atoms with van der Waals surface area (Å²) in [6.07, 6.45) is 0.110. The van der Waals surface area contributed by atoms with Crippen molar-refractivity contribution in [1.29, 1.82) is 0 Å². The molecule has 1 atom stereocenters. The average Bonchev–Trinajstić information content (AvgIpc) is 2.79. The molecule has 0 aliphatic carbocycles. The van der Waals surface area contributed by atoms with Crippen LogP contribution in [0.4, 0.5) is 11.4 Å². The minimum atomic E-state index is -1.36. The summed E-state index contributed by atoms with van der Waals surface area (Å²) in [6, 6.07) is 15.8. The van der Waals surface area contributed by atoms with Gasteiger partial charge >= 0.3 is 5.97 Å². The number of aryl methyl sites for hydroxylation is 1. The number of benzene rings is 2. The summed E-state index contributed by atoms with van der Waals surface area (Å²) in [4.78, 5) is 40.8. The molecule has 0 saturated carbocycles. The third-order valence-electron chi connectivity index (χ3n) is 4.45. The van der Waals surface area contributed by atoms with Crippen LogP contribution in [-0.4, -0.2) is 28.4 Å². The number of carbonyl (C=O) groups is 2. The molecular formula is C23H21N3O6. The van der Waals surface area contributed by atoms with Crippen LogP contribution >= 0.6 is 0 Å². The van der Waals surface area contributed by atoms with Crippen LogP contribution in [0, 0.1) is 17.0 Å². The predicted octanol–water partition coefficient (Wildman–Crippen LogP) is 4.23. The molecule has 2 aromatic carbocycles. The van der Waals surface area contributed by atoms with Gasteiger partial charge in [0.2, 0.25) is 12.0 Å². The second-order valence-corrected chi connectivity index (χ2v) is 6.75. The normalized spacial score (nSPS) is 11.3. The molecule has 3 aromatic rings. The first-order valence-electron chi connectivity index (χ1n) is 9.80. The Hall–Kier alpha value is -4.27. The largest absolute Gasteiger partial charge is 0.477 e. The first-order valence-corrected chi connectivity index (χ1v) is 9.80. The molecule has 1 amide bonds. The van der Waals surface area contributed by atoms with E-state index in [4.69, 9.17) is 9.47 Å². The molecule has 1 N–H and O–H groups in total. The van der Waals surface area contributed by atoms with Crippen LogP contribution in [0.1, 0.15) is 34.5 Å². The highest BCUT2D eigenvalue weighted by molar-refractivity contribution is 6.00. The zero-order valence-corrected chi connectivity index (χ0v) is 17.5. The molecule has 0 radical (unpaired) electrons. The number of hydrogen-bond donors (Lipinski definition) is 1. The molecule has 9 heteroatoms. The number of nitro benzene ring substituents is 1. The number of carbonyl (C=O) groups excluding carboxylic acids is 2. The fraction of sp³-hybridized carbons (Fsp3) is 0.174. The SMILES string of the molecule is CCOc1ncccc1C(=O)OC(C(=O)Nc1ccc(C)cc1[N+](=O)[O-])c1ccccc1. The monoisotopic (exact) mass is 435 g/mol. The molecule has 0 fully saturated rings. The van der Waals surface area contributed by atoms with E-state index in [1.54, 1.807) is 56.3 Å². The molecule has 164 valence electrons. The zero-order chi connectivity index (χ0) is 23.1. The molecule has 0 saturated heterocycles. The van der Waals surface area contributed by atoms with Gasteiger partial charge in [0, 0.05) is 17.8 Å². The summed E-state index contributed by atoms with van der Waals surface area (Å²) in [5, 5.41) is 13.9. The maximum absolute atomic E-state index is 13.1. The number of aromatic nitrogens is 1. The van der Waals surface area contributed by atoms with Crippen LogP contribution in [-0.2, 0) is 9.53 Å². The summed E-state index contributed by atoms with van der Waals surface area (Å²) in [7, 11) is 0. The summed E-state index contributed by atoms with van der Waals surface area (Å²) in [5.74, 6) is -1.47. The lowest BCUT2D eigenvalue weighted by atomic mass is 10.1. The molecule has 0 aliphatic heterocycles. The van der Waals surface area contributed by atoms with Crippen molar-refractivity contribution in [1.82, 2.24) is 4.98 Å². The van der Waals surface area contributed by atoms with Crippen molar-refractivity contribution >= 4 is 23.3 Å². The Kier molecular flexibility index (Phi) is 7.12. The average molecular weight is 435 g/mol. The Morgan fingerprint density at radius 2 is 1.88 bits per heavy atom. The van der Waals surface area contributed by atoms with E-state index in [1.807, 2.05) is 0 Å². The quantitative estimate of drug-likeness (QED) is 0.319. The predicted molar refractivity (Wildman–Crippen MR) is 116 cm³/mol. The van der Waals surface area contributed by atoms with Crippen LogP contribution in [0.25, 0.3) is 0 Å². The van der Waals surface area contributed by atoms with E-state index in [1.165, 1.54) is 24.4 Å². The molecule has 1 heterocycles. The van der Waals surface area contributed by atoms with Gasteiger partial charge in [0.25, 0.3) is 11.6 Å². The number of esters is 1. The third kappa shape index (κ3) is 5.25. The maximum Gasteiger partial charge on any atom is 0.344 e. The van der Waals surface area contributed by atoms with E-state index in [9.17, 15) is 19.7 Å². The molecule has 32 heavy (non-hydrogen) atoms. The number of ether oxygens (including phenoxy) is 2. The van der Waals surface area contributed by atoms with E-state index < -0.39 is 22.9 Å². The van der Waals surface area contributed by atoms with E-state index in [0.29, 0.717) is 11.1 Å². The van der Waals surface area contributed by atoms with Crippen LogP contribution < -0.4 is 10.1 Å². The highest BCUT2D eigenvalue weighted by Gasteiger charge is 2.29. The van der Waals surface area contributed by atoms with Gasteiger partial charge in [-0.1, -0.05) is 36.4 Å². The lowest BCUT2D eigenvalue weighted by molar-refractivity contribution is -0.384. The number of anilines is 1. The molecular weight excluding hydrogens is 414 g/mol. The van der Waals surface area contributed by atoms with E-state index in [0.717, 1.165) is 0 Å². The molecule has 1 aromatic heterocycles. The first-order chi connectivity index (χ1) is 15.4. The minimum Gasteiger partial charge on any atom is -0.477 e. The Morgan fingerprint density at radius 1 is 1.12 bits per heavy atom. The first kappa shape index (κ1) is 22.4. The van der Waals surface area contributed by atoms with Gasteiger partial charge in [-0.15, -0.1) is 0 Å². The number of nitrogens with zero attached hydrogens (tertiary/aromatic N) is 2. The van der Waals surface area contributed by atoms with Crippen LogP contribution in [0.15, 0.2) is 66.9 Å². The van der Waals surface area contributed by atoms with Gasteiger partial charge in [-0.25, -0.2) is 9.78 Å².